The smallest absolute Gasteiger partial charge is 0.222 e. The molecule has 0 heterocycles. The van der Waals surface area contributed by atoms with Gasteiger partial charge in [-0.2, -0.15) is 0 Å². The van der Waals surface area contributed by atoms with Crippen molar-refractivity contribution in [1.82, 2.24) is 10.6 Å². The highest BCUT2D eigenvalue weighted by Gasteiger charge is 2.05. The lowest BCUT2D eigenvalue weighted by molar-refractivity contribution is -0.122. The van der Waals surface area contributed by atoms with Gasteiger partial charge in [0.2, 0.25) is 11.8 Å². The molecule has 2 amide bonds. The number of hydrogen-bond acceptors (Lipinski definition) is 3. The lowest BCUT2D eigenvalue weighted by Crippen LogP contribution is -2.37. The third kappa shape index (κ3) is 7.27. The predicted octanol–water partition coefficient (Wildman–Crippen LogP) is -0.990. The Morgan fingerprint density at radius 1 is 1.46 bits per heavy atom. The zero-order valence-electron chi connectivity index (χ0n) is 7.96. The second-order valence-electron chi connectivity index (χ2n) is 2.88. The summed E-state index contributed by atoms with van der Waals surface area (Å²) in [6.45, 7) is 3.36. The summed E-state index contributed by atoms with van der Waals surface area (Å²) in [6.07, 6.45) is 0.240. The summed E-state index contributed by atoms with van der Waals surface area (Å²) >= 11 is 0. The first-order chi connectivity index (χ1) is 6.06. The van der Waals surface area contributed by atoms with E-state index in [0.29, 0.717) is 6.54 Å². The average molecular weight is 188 g/mol. The van der Waals surface area contributed by atoms with E-state index in [1.54, 1.807) is 6.92 Å². The number of carbonyl (C=O) groups excluding carboxylic acids is 2. The molecular formula is C8H16N2O3. The molecule has 0 aliphatic heterocycles. The molecule has 5 heteroatoms. The quantitative estimate of drug-likeness (QED) is 0.518. The van der Waals surface area contributed by atoms with E-state index in [1.165, 1.54) is 6.92 Å². The normalized spacial score (nSPS) is 11.9. The van der Waals surface area contributed by atoms with Gasteiger partial charge in [0.1, 0.15) is 0 Å². The Morgan fingerprint density at radius 2 is 2.08 bits per heavy atom. The highest BCUT2D eigenvalue weighted by atomic mass is 16.3. The third-order valence-corrected chi connectivity index (χ3v) is 1.41. The van der Waals surface area contributed by atoms with E-state index in [9.17, 15) is 9.59 Å². The number of hydrogen-bond donors (Lipinski definition) is 3. The first-order valence-electron chi connectivity index (χ1n) is 4.21. The number of carbonyl (C=O) groups is 2. The minimum absolute atomic E-state index is 0.0775. The molecule has 0 rings (SSSR count). The molecule has 1 atom stereocenters. The lowest BCUT2D eigenvalue weighted by Gasteiger charge is -2.10. The standard InChI is InChI=1S/C8H16N2O3/c1-6(5-11)10-8(13)3-4-9-7(2)12/h6,11H,3-5H2,1-2H3,(H,9,12)(H,10,13). The number of rotatable bonds is 5. The van der Waals surface area contributed by atoms with Gasteiger partial charge in [0.05, 0.1) is 6.61 Å². The molecule has 76 valence electrons. The molecule has 0 aliphatic rings. The van der Waals surface area contributed by atoms with E-state index in [0.717, 1.165) is 0 Å². The number of amides is 2. The Hall–Kier alpha value is -1.10. The Kier molecular flexibility index (Phi) is 5.88. The Labute approximate surface area is 77.5 Å². The van der Waals surface area contributed by atoms with E-state index in [-0.39, 0.29) is 30.9 Å². The second-order valence-corrected chi connectivity index (χ2v) is 2.88. The molecule has 5 nitrogen and oxygen atoms in total. The number of aliphatic hydroxyl groups excluding tert-OH is 1. The van der Waals surface area contributed by atoms with E-state index < -0.39 is 0 Å². The van der Waals surface area contributed by atoms with Crippen LogP contribution in [0.2, 0.25) is 0 Å². The zero-order chi connectivity index (χ0) is 10.3. The van der Waals surface area contributed by atoms with Crippen molar-refractivity contribution >= 4 is 11.8 Å². The van der Waals surface area contributed by atoms with Crippen LogP contribution in [0.5, 0.6) is 0 Å². The van der Waals surface area contributed by atoms with E-state index >= 15 is 0 Å². The van der Waals surface area contributed by atoms with E-state index in [2.05, 4.69) is 10.6 Å². The van der Waals surface area contributed by atoms with Crippen LogP contribution in [-0.4, -0.2) is 36.1 Å². The van der Waals surface area contributed by atoms with E-state index in [4.69, 9.17) is 5.11 Å². The minimum atomic E-state index is -0.232. The van der Waals surface area contributed by atoms with Crippen LogP contribution in [0.4, 0.5) is 0 Å². The third-order valence-electron chi connectivity index (χ3n) is 1.41. The average Bonchev–Trinajstić information content (AvgIpc) is 2.03. The Morgan fingerprint density at radius 3 is 2.54 bits per heavy atom. The number of aliphatic hydroxyl groups is 1. The van der Waals surface area contributed by atoms with Gasteiger partial charge in [0.15, 0.2) is 0 Å². The summed E-state index contributed by atoms with van der Waals surface area (Å²) in [5, 5.41) is 13.7. The maximum atomic E-state index is 11.0. The zero-order valence-corrected chi connectivity index (χ0v) is 7.96. The molecule has 3 N–H and O–H groups in total. The van der Waals surface area contributed by atoms with Crippen LogP contribution in [0.1, 0.15) is 20.3 Å². The van der Waals surface area contributed by atoms with Gasteiger partial charge in [0, 0.05) is 25.9 Å². The second kappa shape index (κ2) is 6.42. The summed E-state index contributed by atoms with van der Waals surface area (Å²) in [5.74, 6) is -0.321. The van der Waals surface area contributed by atoms with Crippen molar-refractivity contribution in [3.63, 3.8) is 0 Å². The summed E-state index contributed by atoms with van der Waals surface area (Å²) in [7, 11) is 0. The first-order valence-corrected chi connectivity index (χ1v) is 4.21. The van der Waals surface area contributed by atoms with Gasteiger partial charge in [-0.25, -0.2) is 0 Å². The van der Waals surface area contributed by atoms with Crippen molar-refractivity contribution in [2.24, 2.45) is 0 Å². The highest BCUT2D eigenvalue weighted by molar-refractivity contribution is 5.78. The van der Waals surface area contributed by atoms with Crippen molar-refractivity contribution in [3.8, 4) is 0 Å². The van der Waals surface area contributed by atoms with Crippen molar-refractivity contribution in [2.45, 2.75) is 26.3 Å². The minimum Gasteiger partial charge on any atom is -0.394 e. The van der Waals surface area contributed by atoms with Gasteiger partial charge in [-0.05, 0) is 6.92 Å². The first kappa shape index (κ1) is 11.9. The molecule has 0 fully saturated rings. The van der Waals surface area contributed by atoms with Gasteiger partial charge in [-0.15, -0.1) is 0 Å². The van der Waals surface area contributed by atoms with Crippen LogP contribution in [0.15, 0.2) is 0 Å². The molecule has 0 spiro atoms. The molecule has 13 heavy (non-hydrogen) atoms. The summed E-state index contributed by atoms with van der Waals surface area (Å²) in [5.41, 5.74) is 0. The molecule has 0 aromatic rings. The van der Waals surface area contributed by atoms with Gasteiger partial charge >= 0.3 is 0 Å². The fourth-order valence-corrected chi connectivity index (χ4v) is 0.745. The molecule has 1 unspecified atom stereocenters. The summed E-state index contributed by atoms with van der Waals surface area (Å²) < 4.78 is 0. The van der Waals surface area contributed by atoms with Crippen LogP contribution >= 0.6 is 0 Å². The molecule has 0 saturated heterocycles. The van der Waals surface area contributed by atoms with Crippen LogP contribution < -0.4 is 10.6 Å². The molecule has 0 saturated carbocycles. The summed E-state index contributed by atoms with van der Waals surface area (Å²) in [4.78, 5) is 21.4. The van der Waals surface area contributed by atoms with Gasteiger partial charge < -0.3 is 15.7 Å². The van der Waals surface area contributed by atoms with Crippen molar-refractivity contribution < 1.29 is 14.7 Å². The van der Waals surface area contributed by atoms with Crippen LogP contribution in [0.25, 0.3) is 0 Å². The fourth-order valence-electron chi connectivity index (χ4n) is 0.745. The molecule has 0 bridgehead atoms. The van der Waals surface area contributed by atoms with Crippen LogP contribution in [-0.2, 0) is 9.59 Å². The molecule has 0 aromatic heterocycles. The maximum absolute atomic E-state index is 11.0. The highest BCUT2D eigenvalue weighted by Crippen LogP contribution is 1.82. The van der Waals surface area contributed by atoms with Crippen LogP contribution in [0, 0.1) is 0 Å². The van der Waals surface area contributed by atoms with Crippen molar-refractivity contribution in [3.05, 3.63) is 0 Å². The van der Waals surface area contributed by atoms with Gasteiger partial charge in [0.25, 0.3) is 0 Å². The molecule has 0 radical (unpaired) electrons. The number of nitrogens with one attached hydrogen (secondary N) is 2. The lowest BCUT2D eigenvalue weighted by atomic mass is 10.3. The largest absolute Gasteiger partial charge is 0.394 e. The fraction of sp³-hybridized carbons (Fsp3) is 0.750. The van der Waals surface area contributed by atoms with Crippen LogP contribution in [0.3, 0.4) is 0 Å². The molecule has 0 aromatic carbocycles. The van der Waals surface area contributed by atoms with Gasteiger partial charge in [-0.3, -0.25) is 9.59 Å². The van der Waals surface area contributed by atoms with Crippen molar-refractivity contribution in [1.29, 1.82) is 0 Å². The van der Waals surface area contributed by atoms with Crippen molar-refractivity contribution in [2.75, 3.05) is 13.2 Å². The predicted molar refractivity (Wildman–Crippen MR) is 48.0 cm³/mol. The maximum Gasteiger partial charge on any atom is 0.222 e. The molecule has 0 aliphatic carbocycles. The van der Waals surface area contributed by atoms with E-state index in [1.807, 2.05) is 0 Å². The van der Waals surface area contributed by atoms with Gasteiger partial charge in [-0.1, -0.05) is 0 Å². The summed E-state index contributed by atoms with van der Waals surface area (Å²) in [6, 6.07) is -0.232. The Balaban J connectivity index is 3.46. The topological polar surface area (TPSA) is 78.4 Å². The SMILES string of the molecule is CC(=O)NCCC(=O)NC(C)CO. The monoisotopic (exact) mass is 188 g/mol. The Bertz CT molecular complexity index is 182. The molecular weight excluding hydrogens is 172 g/mol.